The molecule has 0 bridgehead atoms. The van der Waals surface area contributed by atoms with E-state index in [1.54, 1.807) is 0 Å². The maximum absolute atomic E-state index is 6.78. The highest BCUT2D eigenvalue weighted by Gasteiger charge is 2.51. The SMILES string of the molecule is CCCCCC=CCC=CCCCCCCCCC1(CCCCCCCCCCCCCCCCCC)OC2CC(N(C)Cl)CC2O1. The van der Waals surface area contributed by atoms with E-state index in [-0.39, 0.29) is 18.0 Å². The Balaban J connectivity index is 1.52. The smallest absolute Gasteiger partial charge is 0.169 e. The number of ether oxygens (including phenoxy) is 2. The van der Waals surface area contributed by atoms with Gasteiger partial charge in [-0.05, 0) is 69.6 Å². The Bertz CT molecular complexity index is 738. The van der Waals surface area contributed by atoms with Crippen molar-refractivity contribution in [1.82, 2.24) is 4.42 Å². The van der Waals surface area contributed by atoms with Crippen LogP contribution in [0.15, 0.2) is 24.3 Å². The molecule has 1 saturated carbocycles. The molecule has 276 valence electrons. The van der Waals surface area contributed by atoms with Crippen LogP contribution in [0.2, 0.25) is 0 Å². The average Bonchev–Trinajstić information content (AvgIpc) is 3.61. The van der Waals surface area contributed by atoms with Crippen molar-refractivity contribution in [2.75, 3.05) is 7.05 Å². The minimum absolute atomic E-state index is 0.229. The highest BCUT2D eigenvalue weighted by molar-refractivity contribution is 6.13. The summed E-state index contributed by atoms with van der Waals surface area (Å²) in [5, 5.41) is 0. The summed E-state index contributed by atoms with van der Waals surface area (Å²) in [6.07, 6.45) is 52.1. The first kappa shape index (κ1) is 42.8. The second-order valence-corrected chi connectivity index (χ2v) is 15.8. The summed E-state index contributed by atoms with van der Waals surface area (Å²) < 4.78 is 15.4. The Kier molecular flexibility index (Phi) is 26.8. The number of hydrogen-bond acceptors (Lipinski definition) is 3. The second kappa shape index (κ2) is 29.4. The van der Waals surface area contributed by atoms with Gasteiger partial charge in [0.2, 0.25) is 0 Å². The average molecular weight is 679 g/mol. The maximum atomic E-state index is 6.78. The van der Waals surface area contributed by atoms with Gasteiger partial charge in [0, 0.05) is 25.9 Å². The molecule has 2 fully saturated rings. The van der Waals surface area contributed by atoms with Crippen molar-refractivity contribution in [3.8, 4) is 0 Å². The lowest BCUT2D eigenvalue weighted by atomic mass is 9.98. The minimum atomic E-state index is -0.337. The molecule has 0 N–H and O–H groups in total. The Morgan fingerprint density at radius 2 is 0.851 bits per heavy atom. The number of nitrogens with zero attached hydrogens (tertiary/aromatic N) is 1. The lowest BCUT2D eigenvalue weighted by Gasteiger charge is -2.30. The fourth-order valence-electron chi connectivity index (χ4n) is 7.74. The van der Waals surface area contributed by atoms with Crippen molar-refractivity contribution < 1.29 is 9.47 Å². The number of allylic oxidation sites excluding steroid dienone is 4. The van der Waals surface area contributed by atoms with Crippen LogP contribution in [-0.4, -0.2) is 35.5 Å². The monoisotopic (exact) mass is 678 g/mol. The summed E-state index contributed by atoms with van der Waals surface area (Å²) in [6.45, 7) is 4.57. The molecule has 0 aromatic carbocycles. The normalized spacial score (nSPS) is 22.9. The van der Waals surface area contributed by atoms with Gasteiger partial charge >= 0.3 is 0 Å². The molecule has 0 radical (unpaired) electrons. The van der Waals surface area contributed by atoms with Gasteiger partial charge < -0.3 is 9.47 Å². The first-order valence-electron chi connectivity index (χ1n) is 21.1. The van der Waals surface area contributed by atoms with E-state index >= 15 is 0 Å². The Labute approximate surface area is 299 Å². The van der Waals surface area contributed by atoms with Gasteiger partial charge in [-0.25, -0.2) is 4.42 Å². The summed E-state index contributed by atoms with van der Waals surface area (Å²) in [7, 11) is 1.97. The summed E-state index contributed by atoms with van der Waals surface area (Å²) in [5.41, 5.74) is 0. The zero-order chi connectivity index (χ0) is 33.7. The molecule has 2 atom stereocenters. The number of unbranched alkanes of at least 4 members (excludes halogenated alkanes) is 24. The molecule has 1 saturated heterocycles. The van der Waals surface area contributed by atoms with E-state index in [2.05, 4.69) is 38.2 Å². The zero-order valence-corrected chi connectivity index (χ0v) is 32.6. The van der Waals surface area contributed by atoms with Crippen molar-refractivity contribution in [2.24, 2.45) is 0 Å². The zero-order valence-electron chi connectivity index (χ0n) is 31.8. The van der Waals surface area contributed by atoms with Crippen LogP contribution in [0.3, 0.4) is 0 Å². The van der Waals surface area contributed by atoms with E-state index in [1.165, 1.54) is 173 Å². The topological polar surface area (TPSA) is 21.7 Å². The molecular formula is C43H80ClNO2. The van der Waals surface area contributed by atoms with Crippen LogP contribution in [0.4, 0.5) is 0 Å². The Morgan fingerprint density at radius 3 is 1.26 bits per heavy atom. The van der Waals surface area contributed by atoms with Crippen molar-refractivity contribution in [1.29, 1.82) is 0 Å². The lowest BCUT2D eigenvalue weighted by molar-refractivity contribution is -0.192. The number of fused-ring (bicyclic) bond motifs is 1. The van der Waals surface area contributed by atoms with Gasteiger partial charge in [0.25, 0.3) is 0 Å². The molecule has 2 aliphatic rings. The Morgan fingerprint density at radius 1 is 0.511 bits per heavy atom. The highest BCUT2D eigenvalue weighted by Crippen LogP contribution is 2.45. The van der Waals surface area contributed by atoms with E-state index in [4.69, 9.17) is 21.3 Å². The molecule has 3 nitrogen and oxygen atoms in total. The van der Waals surface area contributed by atoms with Crippen LogP contribution in [0, 0.1) is 0 Å². The summed E-state index contributed by atoms with van der Waals surface area (Å²) in [5.74, 6) is -0.337. The molecule has 0 aromatic heterocycles. The van der Waals surface area contributed by atoms with Gasteiger partial charge in [0.1, 0.15) is 0 Å². The summed E-state index contributed by atoms with van der Waals surface area (Å²) in [6, 6.07) is 0.377. The third-order valence-electron chi connectivity index (χ3n) is 10.8. The highest BCUT2D eigenvalue weighted by atomic mass is 35.5. The quantitative estimate of drug-likeness (QED) is 0.0392. The summed E-state index contributed by atoms with van der Waals surface area (Å²) >= 11 is 6.31. The van der Waals surface area contributed by atoms with Gasteiger partial charge in [-0.1, -0.05) is 173 Å². The Hall–Kier alpha value is -0.350. The second-order valence-electron chi connectivity index (χ2n) is 15.3. The van der Waals surface area contributed by atoms with Gasteiger partial charge in [0.05, 0.1) is 12.2 Å². The van der Waals surface area contributed by atoms with E-state index < -0.39 is 0 Å². The maximum Gasteiger partial charge on any atom is 0.169 e. The predicted octanol–water partition coefficient (Wildman–Crippen LogP) is 14.6. The number of rotatable bonds is 33. The van der Waals surface area contributed by atoms with Crippen LogP contribution in [0.1, 0.15) is 219 Å². The van der Waals surface area contributed by atoms with E-state index in [0.29, 0.717) is 6.04 Å². The first-order chi connectivity index (χ1) is 23.1. The molecule has 47 heavy (non-hydrogen) atoms. The van der Waals surface area contributed by atoms with Gasteiger partial charge in [0.15, 0.2) is 5.79 Å². The van der Waals surface area contributed by atoms with Crippen molar-refractivity contribution in [2.45, 2.75) is 243 Å². The van der Waals surface area contributed by atoms with E-state index in [1.807, 2.05) is 11.5 Å². The van der Waals surface area contributed by atoms with Crippen LogP contribution in [-0.2, 0) is 9.47 Å². The van der Waals surface area contributed by atoms with E-state index in [0.717, 1.165) is 32.1 Å². The molecule has 2 rings (SSSR count). The lowest BCUT2D eigenvalue weighted by Crippen LogP contribution is -2.34. The first-order valence-corrected chi connectivity index (χ1v) is 21.5. The van der Waals surface area contributed by atoms with Crippen molar-refractivity contribution in [3.05, 3.63) is 24.3 Å². The molecule has 0 amide bonds. The molecule has 0 spiro atoms. The summed E-state index contributed by atoms with van der Waals surface area (Å²) in [4.78, 5) is 0. The number of halogens is 1. The third kappa shape index (κ3) is 21.5. The standard InChI is InChI=1S/C43H80ClNO2/c1-4-6-8-10-12-14-16-18-20-22-24-26-28-30-32-34-36-43(46-41-38-40(45(3)44)39-42(41)47-43)37-35-33-31-29-27-25-23-21-19-17-15-13-11-9-7-5-2/h12,14,18,20,40-42H,4-11,13,15-17,19,21-39H2,1-3H3. The molecule has 4 heteroatoms. The van der Waals surface area contributed by atoms with Crippen LogP contribution < -0.4 is 0 Å². The van der Waals surface area contributed by atoms with Crippen LogP contribution in [0.25, 0.3) is 0 Å². The molecule has 1 aliphatic carbocycles. The molecule has 1 heterocycles. The molecule has 0 aromatic rings. The van der Waals surface area contributed by atoms with E-state index in [9.17, 15) is 0 Å². The van der Waals surface area contributed by atoms with Gasteiger partial charge in [-0.3, -0.25) is 0 Å². The van der Waals surface area contributed by atoms with Gasteiger partial charge in [-0.15, -0.1) is 0 Å². The van der Waals surface area contributed by atoms with Gasteiger partial charge in [-0.2, -0.15) is 0 Å². The largest absolute Gasteiger partial charge is 0.344 e. The molecular weight excluding hydrogens is 598 g/mol. The fourth-order valence-corrected chi connectivity index (χ4v) is 7.90. The van der Waals surface area contributed by atoms with Crippen LogP contribution >= 0.6 is 11.8 Å². The van der Waals surface area contributed by atoms with Crippen molar-refractivity contribution in [3.63, 3.8) is 0 Å². The fraction of sp³-hybridized carbons (Fsp3) is 0.907. The predicted molar refractivity (Wildman–Crippen MR) is 207 cm³/mol. The van der Waals surface area contributed by atoms with Crippen molar-refractivity contribution >= 4 is 11.8 Å². The number of hydrogen-bond donors (Lipinski definition) is 0. The third-order valence-corrected chi connectivity index (χ3v) is 11.1. The minimum Gasteiger partial charge on any atom is -0.344 e. The molecule has 1 aliphatic heterocycles. The molecule has 2 unspecified atom stereocenters. The van der Waals surface area contributed by atoms with Crippen LogP contribution in [0.5, 0.6) is 0 Å².